The lowest BCUT2D eigenvalue weighted by molar-refractivity contribution is 0.183. The van der Waals surface area contributed by atoms with Crippen molar-refractivity contribution < 1.29 is 4.74 Å². The number of aromatic nitrogens is 2. The van der Waals surface area contributed by atoms with E-state index in [9.17, 15) is 0 Å². The summed E-state index contributed by atoms with van der Waals surface area (Å²) in [6.45, 7) is 3.88. The van der Waals surface area contributed by atoms with Gasteiger partial charge in [0.05, 0.1) is 6.61 Å². The van der Waals surface area contributed by atoms with E-state index in [1.54, 1.807) is 0 Å². The monoisotopic (exact) mass is 319 g/mol. The summed E-state index contributed by atoms with van der Waals surface area (Å²) < 4.78 is 6.40. The summed E-state index contributed by atoms with van der Waals surface area (Å²) in [5.74, 6) is 1.28. The molecule has 0 saturated carbocycles. The number of halogens is 1. The van der Waals surface area contributed by atoms with Crippen molar-refractivity contribution in [1.29, 1.82) is 0 Å². The van der Waals surface area contributed by atoms with Gasteiger partial charge in [0.2, 0.25) is 5.95 Å². The first-order valence-electron chi connectivity index (χ1n) is 5.07. The van der Waals surface area contributed by atoms with Gasteiger partial charge in [0.15, 0.2) is 0 Å². The van der Waals surface area contributed by atoms with E-state index in [0.29, 0.717) is 17.9 Å². The first-order valence-corrected chi connectivity index (χ1v) is 6.15. The molecule has 2 atom stereocenters. The highest BCUT2D eigenvalue weighted by Gasteiger charge is 2.22. The summed E-state index contributed by atoms with van der Waals surface area (Å²) in [4.78, 5) is 8.44. The van der Waals surface area contributed by atoms with Crippen LogP contribution in [0.1, 0.15) is 13.3 Å². The first kappa shape index (κ1) is 11.1. The van der Waals surface area contributed by atoms with Gasteiger partial charge in [-0.25, -0.2) is 9.97 Å². The van der Waals surface area contributed by atoms with Gasteiger partial charge in [-0.2, -0.15) is 0 Å². The lowest BCUT2D eigenvalue weighted by Crippen LogP contribution is -2.27. The predicted molar refractivity (Wildman–Crippen MR) is 66.8 cm³/mol. The Morgan fingerprint density at radius 1 is 1.53 bits per heavy atom. The molecular formula is C10H14IN3O. The molecule has 15 heavy (non-hydrogen) atoms. The van der Waals surface area contributed by atoms with Crippen molar-refractivity contribution in [3.8, 4) is 0 Å². The summed E-state index contributed by atoms with van der Waals surface area (Å²) in [5.41, 5.74) is 0. The zero-order chi connectivity index (χ0) is 10.7. The first-order chi connectivity index (χ1) is 7.25. The number of hydrogen-bond donors (Lipinski definition) is 1. The highest BCUT2D eigenvalue weighted by Crippen LogP contribution is 2.18. The lowest BCUT2D eigenvalue weighted by atomic mass is 10.0. The van der Waals surface area contributed by atoms with E-state index in [2.05, 4.69) is 44.8 Å². The third-order valence-corrected chi connectivity index (χ3v) is 3.21. The van der Waals surface area contributed by atoms with Gasteiger partial charge >= 0.3 is 0 Å². The second-order valence-corrected chi connectivity index (χ2v) is 5.03. The Balaban J connectivity index is 1.92. The minimum absolute atomic E-state index is 0.368. The molecule has 0 spiro atoms. The van der Waals surface area contributed by atoms with E-state index >= 15 is 0 Å². The van der Waals surface area contributed by atoms with Crippen molar-refractivity contribution in [2.45, 2.75) is 19.4 Å². The summed E-state index contributed by atoms with van der Waals surface area (Å²) in [6, 6.07) is 0.368. The fourth-order valence-corrected chi connectivity index (χ4v) is 1.93. The molecular weight excluding hydrogens is 305 g/mol. The van der Waals surface area contributed by atoms with Crippen molar-refractivity contribution >= 4 is 28.5 Å². The molecule has 0 bridgehead atoms. The Morgan fingerprint density at radius 2 is 2.27 bits per heavy atom. The molecule has 2 heterocycles. The average molecular weight is 319 g/mol. The van der Waals surface area contributed by atoms with Crippen molar-refractivity contribution in [3.63, 3.8) is 0 Å². The van der Waals surface area contributed by atoms with Crippen LogP contribution in [-0.2, 0) is 4.74 Å². The fraction of sp³-hybridized carbons (Fsp3) is 0.600. The van der Waals surface area contributed by atoms with E-state index in [-0.39, 0.29) is 0 Å². The molecule has 0 aliphatic carbocycles. The zero-order valence-corrected chi connectivity index (χ0v) is 10.8. The summed E-state index contributed by atoms with van der Waals surface area (Å²) >= 11 is 2.20. The minimum atomic E-state index is 0.368. The number of nitrogens with one attached hydrogen (secondary N) is 1. The van der Waals surface area contributed by atoms with Crippen LogP contribution < -0.4 is 5.32 Å². The highest BCUT2D eigenvalue weighted by atomic mass is 127. The molecule has 1 aliphatic rings. The highest BCUT2D eigenvalue weighted by molar-refractivity contribution is 14.1. The van der Waals surface area contributed by atoms with E-state index in [1.807, 2.05) is 12.4 Å². The number of nitrogens with zero attached hydrogens (tertiary/aromatic N) is 2. The molecule has 0 amide bonds. The van der Waals surface area contributed by atoms with Gasteiger partial charge in [0.25, 0.3) is 0 Å². The van der Waals surface area contributed by atoms with E-state index < -0.39 is 0 Å². The van der Waals surface area contributed by atoms with E-state index in [1.165, 1.54) is 0 Å². The normalized spacial score (nSPS) is 22.7. The molecule has 1 fully saturated rings. The Labute approximate surface area is 103 Å². The molecule has 1 N–H and O–H groups in total. The SMILES string of the molecule is CC(Nc1ncc(I)cn1)C1CCOC1. The van der Waals surface area contributed by atoms with Gasteiger partial charge in [-0.3, -0.25) is 0 Å². The predicted octanol–water partition coefficient (Wildman–Crippen LogP) is 1.92. The van der Waals surface area contributed by atoms with E-state index in [4.69, 9.17) is 4.74 Å². The molecule has 1 saturated heterocycles. The lowest BCUT2D eigenvalue weighted by Gasteiger charge is -2.18. The second-order valence-electron chi connectivity index (χ2n) is 3.78. The number of hydrogen-bond acceptors (Lipinski definition) is 4. The van der Waals surface area contributed by atoms with Crippen molar-refractivity contribution in [1.82, 2.24) is 9.97 Å². The maximum absolute atomic E-state index is 5.35. The molecule has 0 radical (unpaired) electrons. The van der Waals surface area contributed by atoms with Crippen LogP contribution in [-0.4, -0.2) is 29.2 Å². The van der Waals surface area contributed by atoms with Gasteiger partial charge < -0.3 is 10.1 Å². The molecule has 4 nitrogen and oxygen atoms in total. The number of rotatable bonds is 3. The van der Waals surface area contributed by atoms with Crippen LogP contribution in [0.4, 0.5) is 5.95 Å². The Bertz CT molecular complexity index is 311. The third kappa shape index (κ3) is 3.01. The molecule has 2 unspecified atom stereocenters. The molecule has 1 aliphatic heterocycles. The standard InChI is InChI=1S/C10H14IN3O/c1-7(8-2-3-15-6-8)14-10-12-4-9(11)5-13-10/h4-5,7-8H,2-3,6H2,1H3,(H,12,13,14). The summed E-state index contributed by atoms with van der Waals surface area (Å²) in [7, 11) is 0. The molecule has 1 aromatic rings. The van der Waals surface area contributed by atoms with Crippen LogP contribution in [0.3, 0.4) is 0 Å². The summed E-state index contributed by atoms with van der Waals surface area (Å²) in [5, 5.41) is 3.31. The van der Waals surface area contributed by atoms with Crippen molar-refractivity contribution in [3.05, 3.63) is 16.0 Å². The molecule has 1 aromatic heterocycles. The number of ether oxygens (including phenoxy) is 1. The Hall–Kier alpha value is -0.430. The van der Waals surface area contributed by atoms with E-state index in [0.717, 1.165) is 23.2 Å². The zero-order valence-electron chi connectivity index (χ0n) is 8.61. The van der Waals surface area contributed by atoms with Crippen LogP contribution >= 0.6 is 22.6 Å². The third-order valence-electron chi connectivity index (χ3n) is 2.65. The van der Waals surface area contributed by atoms with Crippen LogP contribution in [0.15, 0.2) is 12.4 Å². The van der Waals surface area contributed by atoms with Gasteiger partial charge in [-0.05, 0) is 35.9 Å². The Kier molecular flexibility index (Phi) is 3.74. The average Bonchev–Trinajstić information content (AvgIpc) is 2.74. The Morgan fingerprint density at radius 3 is 2.87 bits per heavy atom. The van der Waals surface area contributed by atoms with Crippen LogP contribution in [0, 0.1) is 9.49 Å². The quantitative estimate of drug-likeness (QED) is 0.865. The fourth-order valence-electron chi connectivity index (χ4n) is 1.66. The molecule has 0 aromatic carbocycles. The van der Waals surface area contributed by atoms with Gasteiger partial charge in [0, 0.05) is 34.5 Å². The van der Waals surface area contributed by atoms with Crippen LogP contribution in [0.5, 0.6) is 0 Å². The van der Waals surface area contributed by atoms with Crippen molar-refractivity contribution in [2.24, 2.45) is 5.92 Å². The maximum Gasteiger partial charge on any atom is 0.222 e. The smallest absolute Gasteiger partial charge is 0.222 e. The largest absolute Gasteiger partial charge is 0.381 e. The molecule has 5 heteroatoms. The summed E-state index contributed by atoms with van der Waals surface area (Å²) in [6.07, 6.45) is 4.75. The number of anilines is 1. The van der Waals surface area contributed by atoms with Crippen LogP contribution in [0.25, 0.3) is 0 Å². The molecule has 2 rings (SSSR count). The maximum atomic E-state index is 5.35. The van der Waals surface area contributed by atoms with Gasteiger partial charge in [0.1, 0.15) is 0 Å². The van der Waals surface area contributed by atoms with Crippen LogP contribution in [0.2, 0.25) is 0 Å². The second kappa shape index (κ2) is 5.07. The topological polar surface area (TPSA) is 47.0 Å². The minimum Gasteiger partial charge on any atom is -0.381 e. The van der Waals surface area contributed by atoms with Crippen molar-refractivity contribution in [2.75, 3.05) is 18.5 Å². The van der Waals surface area contributed by atoms with Gasteiger partial charge in [-0.15, -0.1) is 0 Å². The van der Waals surface area contributed by atoms with Gasteiger partial charge in [-0.1, -0.05) is 0 Å². The molecule has 82 valence electrons.